The number of hydrogen-bond acceptors (Lipinski definition) is 6. The third kappa shape index (κ3) is 6.40. The van der Waals surface area contributed by atoms with E-state index in [0.29, 0.717) is 37.3 Å². The highest BCUT2D eigenvalue weighted by Crippen LogP contribution is 2.25. The first-order valence-corrected chi connectivity index (χ1v) is 12.1. The quantitative estimate of drug-likeness (QED) is 0.432. The Kier molecular flexibility index (Phi) is 8.25. The number of rotatable bonds is 9. The normalized spacial score (nSPS) is 14.3. The lowest BCUT2D eigenvalue weighted by molar-refractivity contribution is -0.127. The van der Waals surface area contributed by atoms with Gasteiger partial charge >= 0.3 is 0 Å². The zero-order valence-electron chi connectivity index (χ0n) is 19.0. The molecule has 0 saturated carbocycles. The Balaban J connectivity index is 1.44. The Labute approximate surface area is 201 Å². The first kappa shape index (κ1) is 24.3. The molecule has 180 valence electrons. The number of thioether (sulfide) groups is 1. The minimum absolute atomic E-state index is 0.0691. The number of halogens is 2. The van der Waals surface area contributed by atoms with Crippen molar-refractivity contribution < 1.29 is 18.3 Å². The zero-order valence-corrected chi connectivity index (χ0v) is 19.8. The fraction of sp³-hybridized carbons (Fsp3) is 0.375. The number of nitrogens with zero attached hydrogens (tertiary/aromatic N) is 5. The van der Waals surface area contributed by atoms with Gasteiger partial charge in [0.2, 0.25) is 5.91 Å². The Bertz CT molecular complexity index is 1090. The van der Waals surface area contributed by atoms with Crippen molar-refractivity contribution >= 4 is 17.7 Å². The Hall–Kier alpha value is -2.82. The zero-order chi connectivity index (χ0) is 23.9. The van der Waals surface area contributed by atoms with Crippen LogP contribution < -0.4 is 0 Å². The maximum Gasteiger partial charge on any atom is 0.233 e. The fourth-order valence-electron chi connectivity index (χ4n) is 3.66. The molecule has 2 heterocycles. The van der Waals surface area contributed by atoms with Gasteiger partial charge < -0.3 is 14.2 Å². The summed E-state index contributed by atoms with van der Waals surface area (Å²) >= 11 is 1.32. The molecule has 1 saturated heterocycles. The van der Waals surface area contributed by atoms with Crippen LogP contribution in [0, 0.1) is 11.6 Å². The topological polar surface area (TPSA) is 63.5 Å². The van der Waals surface area contributed by atoms with Crippen LogP contribution in [-0.4, -0.2) is 76.1 Å². The number of carbonyl (C=O) groups is 1. The molecule has 0 unspecified atom stereocenters. The Morgan fingerprint density at radius 2 is 1.65 bits per heavy atom. The highest BCUT2D eigenvalue weighted by molar-refractivity contribution is 7.99. The van der Waals surface area contributed by atoms with E-state index in [2.05, 4.69) is 15.1 Å². The lowest BCUT2D eigenvalue weighted by atomic mass is 10.2. The first-order chi connectivity index (χ1) is 16.5. The molecule has 10 heteroatoms. The molecule has 1 fully saturated rings. The van der Waals surface area contributed by atoms with Gasteiger partial charge in [0, 0.05) is 45.3 Å². The van der Waals surface area contributed by atoms with Crippen LogP contribution >= 0.6 is 11.8 Å². The lowest BCUT2D eigenvalue weighted by Crippen LogP contribution is -2.38. The molecule has 1 aromatic heterocycles. The number of benzene rings is 2. The van der Waals surface area contributed by atoms with E-state index in [4.69, 9.17) is 4.74 Å². The standard InChI is InChI=1S/C24H27F2N5O2S/c1-29(16-18-2-6-20(25)7-3-18)22(32)17-34-24-28-27-23(19-4-8-21(26)9-5-19)31(24)11-10-30-12-14-33-15-13-30/h2-9H,10-17H2,1H3. The van der Waals surface area contributed by atoms with Gasteiger partial charge in [0.15, 0.2) is 11.0 Å². The van der Waals surface area contributed by atoms with Gasteiger partial charge in [-0.1, -0.05) is 23.9 Å². The van der Waals surface area contributed by atoms with E-state index in [9.17, 15) is 13.6 Å². The molecule has 34 heavy (non-hydrogen) atoms. The molecular formula is C24H27F2N5O2S. The maximum atomic E-state index is 13.4. The van der Waals surface area contributed by atoms with E-state index < -0.39 is 0 Å². The summed E-state index contributed by atoms with van der Waals surface area (Å²) in [5, 5.41) is 9.31. The summed E-state index contributed by atoms with van der Waals surface area (Å²) in [5.41, 5.74) is 1.62. The molecule has 1 amide bonds. The number of carbonyl (C=O) groups excluding carboxylic acids is 1. The highest BCUT2D eigenvalue weighted by atomic mass is 32.2. The molecule has 0 radical (unpaired) electrons. The molecule has 3 aromatic rings. The molecule has 2 aromatic carbocycles. The van der Waals surface area contributed by atoms with Gasteiger partial charge in [-0.05, 0) is 42.0 Å². The largest absolute Gasteiger partial charge is 0.379 e. The third-order valence-electron chi connectivity index (χ3n) is 5.65. The van der Waals surface area contributed by atoms with Crippen LogP contribution in [0.15, 0.2) is 53.7 Å². The van der Waals surface area contributed by atoms with Crippen LogP contribution in [0.5, 0.6) is 0 Å². The second kappa shape index (κ2) is 11.5. The first-order valence-electron chi connectivity index (χ1n) is 11.1. The number of morpholine rings is 1. The van der Waals surface area contributed by atoms with E-state index in [1.165, 1.54) is 36.0 Å². The molecule has 0 aliphatic carbocycles. The van der Waals surface area contributed by atoms with Gasteiger partial charge in [-0.25, -0.2) is 8.78 Å². The molecule has 7 nitrogen and oxygen atoms in total. The summed E-state index contributed by atoms with van der Waals surface area (Å²) in [5.74, 6) is 0.147. The van der Waals surface area contributed by atoms with Crippen LogP contribution in [0.4, 0.5) is 8.78 Å². The summed E-state index contributed by atoms with van der Waals surface area (Å²) in [4.78, 5) is 16.6. The Morgan fingerprint density at radius 3 is 2.32 bits per heavy atom. The molecule has 1 aliphatic heterocycles. The van der Waals surface area contributed by atoms with Crippen LogP contribution in [-0.2, 0) is 22.6 Å². The van der Waals surface area contributed by atoms with E-state index in [-0.39, 0.29) is 23.3 Å². The molecule has 4 rings (SSSR count). The average Bonchev–Trinajstić information content (AvgIpc) is 3.26. The predicted molar refractivity (Wildman–Crippen MR) is 126 cm³/mol. The number of amides is 1. The lowest BCUT2D eigenvalue weighted by Gasteiger charge is -2.27. The van der Waals surface area contributed by atoms with Gasteiger partial charge in [0.1, 0.15) is 11.6 Å². The Morgan fingerprint density at radius 1 is 1.00 bits per heavy atom. The maximum absolute atomic E-state index is 13.4. The molecule has 0 bridgehead atoms. The van der Waals surface area contributed by atoms with Gasteiger partial charge in [-0.15, -0.1) is 10.2 Å². The van der Waals surface area contributed by atoms with E-state index in [1.807, 2.05) is 4.57 Å². The molecule has 0 spiro atoms. The molecule has 0 N–H and O–H groups in total. The monoisotopic (exact) mass is 487 g/mol. The molecule has 0 atom stereocenters. The highest BCUT2D eigenvalue weighted by Gasteiger charge is 2.19. The van der Waals surface area contributed by atoms with Crippen molar-refractivity contribution in [3.05, 3.63) is 65.7 Å². The predicted octanol–water partition coefficient (Wildman–Crippen LogP) is 3.31. The van der Waals surface area contributed by atoms with Crippen molar-refractivity contribution in [1.29, 1.82) is 0 Å². The summed E-state index contributed by atoms with van der Waals surface area (Å²) in [7, 11) is 1.72. The summed E-state index contributed by atoms with van der Waals surface area (Å²) in [6.45, 7) is 4.98. The van der Waals surface area contributed by atoms with E-state index >= 15 is 0 Å². The number of ether oxygens (including phenoxy) is 1. The summed E-state index contributed by atoms with van der Waals surface area (Å²) in [6, 6.07) is 12.3. The summed E-state index contributed by atoms with van der Waals surface area (Å²) < 4.78 is 34.0. The van der Waals surface area contributed by atoms with Crippen LogP contribution in [0.1, 0.15) is 5.56 Å². The van der Waals surface area contributed by atoms with Crippen molar-refractivity contribution in [2.45, 2.75) is 18.2 Å². The number of hydrogen-bond donors (Lipinski definition) is 0. The van der Waals surface area contributed by atoms with Crippen molar-refractivity contribution in [2.24, 2.45) is 0 Å². The van der Waals surface area contributed by atoms with Gasteiger partial charge in [-0.2, -0.15) is 0 Å². The minimum atomic E-state index is -0.312. The van der Waals surface area contributed by atoms with Crippen LogP contribution in [0.25, 0.3) is 11.4 Å². The minimum Gasteiger partial charge on any atom is -0.379 e. The van der Waals surface area contributed by atoms with Crippen molar-refractivity contribution in [1.82, 2.24) is 24.6 Å². The SMILES string of the molecule is CN(Cc1ccc(F)cc1)C(=O)CSc1nnc(-c2ccc(F)cc2)n1CCN1CCOCC1. The van der Waals surface area contributed by atoms with Gasteiger partial charge in [-0.3, -0.25) is 9.69 Å². The molecule has 1 aliphatic rings. The third-order valence-corrected chi connectivity index (χ3v) is 6.60. The second-order valence-corrected chi connectivity index (χ2v) is 9.03. The smallest absolute Gasteiger partial charge is 0.233 e. The van der Waals surface area contributed by atoms with Crippen molar-refractivity contribution in [2.75, 3.05) is 45.6 Å². The van der Waals surface area contributed by atoms with Crippen LogP contribution in [0.2, 0.25) is 0 Å². The van der Waals surface area contributed by atoms with Crippen LogP contribution in [0.3, 0.4) is 0 Å². The van der Waals surface area contributed by atoms with Crippen molar-refractivity contribution in [3.63, 3.8) is 0 Å². The van der Waals surface area contributed by atoms with E-state index in [1.54, 1.807) is 36.2 Å². The molecular weight excluding hydrogens is 460 g/mol. The summed E-state index contributed by atoms with van der Waals surface area (Å²) in [6.07, 6.45) is 0. The van der Waals surface area contributed by atoms with Gasteiger partial charge in [0.05, 0.1) is 19.0 Å². The number of aromatic nitrogens is 3. The second-order valence-electron chi connectivity index (χ2n) is 8.08. The average molecular weight is 488 g/mol. The fourth-order valence-corrected chi connectivity index (χ4v) is 4.57. The van der Waals surface area contributed by atoms with E-state index in [0.717, 1.165) is 30.8 Å². The van der Waals surface area contributed by atoms with Gasteiger partial charge in [0.25, 0.3) is 0 Å². The van der Waals surface area contributed by atoms with Crippen molar-refractivity contribution in [3.8, 4) is 11.4 Å².